The smallest absolute Gasteiger partial charge is 0.327 e. The van der Waals surface area contributed by atoms with E-state index in [4.69, 9.17) is 5.11 Å². The molecule has 0 saturated heterocycles. The van der Waals surface area contributed by atoms with Crippen LogP contribution in [0.5, 0.6) is 0 Å². The van der Waals surface area contributed by atoms with Crippen molar-refractivity contribution in [1.29, 1.82) is 0 Å². The SMILES string of the molecule is C/C(=C\CSCC(Nc1ccnc(N(C)CC(=O)O)n1)C(=O)O)CCCC(C)CCCC(C)CCCC(C)C. The summed E-state index contributed by atoms with van der Waals surface area (Å²) in [5, 5.41) is 21.5. The number of carboxylic acid groups (broad SMARTS) is 2. The highest BCUT2D eigenvalue weighted by Crippen LogP contribution is 2.22. The first-order valence-electron chi connectivity index (χ1n) is 14.5. The predicted octanol–water partition coefficient (Wildman–Crippen LogP) is 6.98. The largest absolute Gasteiger partial charge is 0.480 e. The Balaban J connectivity index is 2.31. The zero-order valence-electron chi connectivity index (χ0n) is 25.0. The van der Waals surface area contributed by atoms with Gasteiger partial charge in [-0.25, -0.2) is 9.78 Å². The minimum atomic E-state index is -0.995. The number of aliphatic carboxylic acids is 2. The van der Waals surface area contributed by atoms with E-state index < -0.39 is 18.0 Å². The summed E-state index contributed by atoms with van der Waals surface area (Å²) in [6.45, 7) is 11.3. The predicted molar refractivity (Wildman–Crippen MR) is 164 cm³/mol. The van der Waals surface area contributed by atoms with Crippen molar-refractivity contribution in [1.82, 2.24) is 9.97 Å². The number of hydrogen-bond acceptors (Lipinski definition) is 7. The van der Waals surface area contributed by atoms with E-state index in [-0.39, 0.29) is 12.5 Å². The van der Waals surface area contributed by atoms with Gasteiger partial charge in [-0.3, -0.25) is 4.79 Å². The van der Waals surface area contributed by atoms with Crippen molar-refractivity contribution in [3.8, 4) is 0 Å². The van der Waals surface area contributed by atoms with Crippen LogP contribution < -0.4 is 10.2 Å². The van der Waals surface area contributed by atoms with Crippen molar-refractivity contribution in [3.63, 3.8) is 0 Å². The normalized spacial score (nSPS) is 14.2. The maximum Gasteiger partial charge on any atom is 0.327 e. The molecule has 0 bridgehead atoms. The van der Waals surface area contributed by atoms with Gasteiger partial charge < -0.3 is 20.4 Å². The summed E-state index contributed by atoms with van der Waals surface area (Å²) in [5.74, 6) is 2.20. The van der Waals surface area contributed by atoms with E-state index >= 15 is 0 Å². The van der Waals surface area contributed by atoms with Crippen LogP contribution in [0.1, 0.15) is 92.4 Å². The molecular weight excluding hydrogens is 512 g/mol. The van der Waals surface area contributed by atoms with Crippen LogP contribution in [-0.4, -0.2) is 63.3 Å². The molecule has 0 saturated carbocycles. The highest BCUT2D eigenvalue weighted by Gasteiger charge is 2.18. The number of nitrogens with one attached hydrogen (secondary N) is 1. The van der Waals surface area contributed by atoms with Crippen LogP contribution in [0.2, 0.25) is 0 Å². The molecular formula is C30H52N4O4S. The Morgan fingerprint density at radius 2 is 1.64 bits per heavy atom. The molecule has 1 rings (SSSR count). The number of aromatic nitrogens is 2. The molecule has 3 atom stereocenters. The number of hydrogen-bond donors (Lipinski definition) is 3. The van der Waals surface area contributed by atoms with Crippen molar-refractivity contribution in [2.24, 2.45) is 17.8 Å². The van der Waals surface area contributed by atoms with Crippen LogP contribution in [-0.2, 0) is 9.59 Å². The summed E-state index contributed by atoms with van der Waals surface area (Å²) >= 11 is 1.57. The van der Waals surface area contributed by atoms with Gasteiger partial charge in [0.15, 0.2) is 0 Å². The molecule has 1 aromatic rings. The number of carboxylic acids is 2. The molecule has 0 amide bonds. The number of anilines is 2. The topological polar surface area (TPSA) is 116 Å². The maximum absolute atomic E-state index is 11.8. The fraction of sp³-hybridized carbons (Fsp3) is 0.733. The molecule has 0 aliphatic rings. The average molecular weight is 565 g/mol. The Bertz CT molecular complexity index is 880. The number of thioether (sulfide) groups is 1. The van der Waals surface area contributed by atoms with Gasteiger partial charge in [-0.2, -0.15) is 16.7 Å². The quantitative estimate of drug-likeness (QED) is 0.101. The lowest BCUT2D eigenvalue weighted by molar-refractivity contribution is -0.137. The molecule has 1 aromatic heterocycles. The monoisotopic (exact) mass is 564 g/mol. The van der Waals surface area contributed by atoms with Crippen molar-refractivity contribution in [2.45, 2.75) is 98.4 Å². The van der Waals surface area contributed by atoms with Crippen LogP contribution in [0.15, 0.2) is 23.9 Å². The second kappa shape index (κ2) is 19.7. The average Bonchev–Trinajstić information content (AvgIpc) is 2.85. The van der Waals surface area contributed by atoms with Gasteiger partial charge in [-0.05, 0) is 43.6 Å². The van der Waals surface area contributed by atoms with E-state index in [1.165, 1.54) is 68.0 Å². The number of allylic oxidation sites excluding steroid dienone is 1. The molecule has 3 unspecified atom stereocenters. The first-order chi connectivity index (χ1) is 18.5. The summed E-state index contributed by atoms with van der Waals surface area (Å²) in [5.41, 5.74) is 1.36. The minimum absolute atomic E-state index is 0.221. The fourth-order valence-electron chi connectivity index (χ4n) is 4.44. The Hall–Kier alpha value is -2.29. The Labute approximate surface area is 240 Å². The molecule has 0 aliphatic heterocycles. The van der Waals surface area contributed by atoms with Gasteiger partial charge in [0.25, 0.3) is 0 Å². The van der Waals surface area contributed by atoms with Gasteiger partial charge in [0.05, 0.1) is 0 Å². The lowest BCUT2D eigenvalue weighted by Crippen LogP contribution is -2.33. The highest BCUT2D eigenvalue weighted by atomic mass is 32.2. The fourth-order valence-corrected chi connectivity index (χ4v) is 5.44. The van der Waals surface area contributed by atoms with Crippen molar-refractivity contribution in [2.75, 3.05) is 35.3 Å². The maximum atomic E-state index is 11.8. The lowest BCUT2D eigenvalue weighted by Gasteiger charge is -2.17. The van der Waals surface area contributed by atoms with Gasteiger partial charge in [0.2, 0.25) is 5.95 Å². The molecule has 0 spiro atoms. The number of likely N-dealkylation sites (N-methyl/N-ethyl adjacent to an activating group) is 1. The second-order valence-electron chi connectivity index (χ2n) is 11.5. The molecule has 0 aromatic carbocycles. The Morgan fingerprint density at radius 3 is 2.23 bits per heavy atom. The Kier molecular flexibility index (Phi) is 17.6. The molecule has 8 nitrogen and oxygen atoms in total. The summed E-state index contributed by atoms with van der Waals surface area (Å²) in [4.78, 5) is 32.4. The molecule has 3 N–H and O–H groups in total. The van der Waals surface area contributed by atoms with Gasteiger partial charge >= 0.3 is 11.9 Å². The van der Waals surface area contributed by atoms with E-state index in [0.29, 0.717) is 11.6 Å². The zero-order chi connectivity index (χ0) is 29.2. The van der Waals surface area contributed by atoms with E-state index in [2.05, 4.69) is 56.0 Å². The van der Waals surface area contributed by atoms with Crippen LogP contribution in [0.25, 0.3) is 0 Å². The van der Waals surface area contributed by atoms with Gasteiger partial charge in [-0.15, -0.1) is 0 Å². The first-order valence-corrected chi connectivity index (χ1v) is 15.6. The summed E-state index contributed by atoms with van der Waals surface area (Å²) < 4.78 is 0. The highest BCUT2D eigenvalue weighted by molar-refractivity contribution is 7.99. The number of carbonyl (C=O) groups is 2. The van der Waals surface area contributed by atoms with E-state index in [1.807, 2.05) is 0 Å². The molecule has 1 heterocycles. The van der Waals surface area contributed by atoms with Crippen LogP contribution >= 0.6 is 11.8 Å². The van der Waals surface area contributed by atoms with Gasteiger partial charge in [0.1, 0.15) is 18.4 Å². The van der Waals surface area contributed by atoms with Gasteiger partial charge in [-0.1, -0.05) is 84.3 Å². The van der Waals surface area contributed by atoms with Crippen molar-refractivity contribution >= 4 is 35.5 Å². The summed E-state index contributed by atoms with van der Waals surface area (Å²) in [6.07, 6.45) is 15.3. The molecule has 0 aliphatic carbocycles. The van der Waals surface area contributed by atoms with Crippen LogP contribution in [0.4, 0.5) is 11.8 Å². The standard InChI is InChI=1S/C30H52N4O4S/c1-22(2)10-7-11-23(3)12-8-13-24(4)14-9-15-25(5)17-19-39-21-26(29(37)38)32-27-16-18-31-30(33-27)34(6)20-28(35)36/h16-18,22-24,26H,7-15,19-21H2,1-6H3,(H,35,36)(H,37,38)(H,31,32,33)/b25-17+. The Morgan fingerprint density at radius 1 is 1.03 bits per heavy atom. The van der Waals surface area contributed by atoms with Crippen LogP contribution in [0, 0.1) is 17.8 Å². The summed E-state index contributed by atoms with van der Waals surface area (Å²) in [6, 6.07) is 0.772. The van der Waals surface area contributed by atoms with Crippen molar-refractivity contribution in [3.05, 3.63) is 23.9 Å². The number of rotatable bonds is 22. The third kappa shape index (κ3) is 17.1. The third-order valence-electron chi connectivity index (χ3n) is 6.95. The second-order valence-corrected chi connectivity index (χ2v) is 12.5. The molecule has 0 radical (unpaired) electrons. The van der Waals surface area contributed by atoms with E-state index in [1.54, 1.807) is 24.9 Å². The first kappa shape index (κ1) is 34.7. The van der Waals surface area contributed by atoms with Gasteiger partial charge in [0, 0.05) is 24.8 Å². The third-order valence-corrected chi connectivity index (χ3v) is 7.92. The van der Waals surface area contributed by atoms with Crippen molar-refractivity contribution < 1.29 is 19.8 Å². The molecule has 222 valence electrons. The van der Waals surface area contributed by atoms with E-state index in [0.717, 1.165) is 29.9 Å². The lowest BCUT2D eigenvalue weighted by atomic mass is 9.91. The molecule has 39 heavy (non-hydrogen) atoms. The van der Waals surface area contributed by atoms with Crippen LogP contribution in [0.3, 0.4) is 0 Å². The molecule has 0 fully saturated rings. The molecule has 9 heteroatoms. The van der Waals surface area contributed by atoms with E-state index in [9.17, 15) is 14.7 Å². The summed E-state index contributed by atoms with van der Waals surface area (Å²) in [7, 11) is 1.57. The zero-order valence-corrected chi connectivity index (χ0v) is 25.8. The number of nitrogens with zero attached hydrogens (tertiary/aromatic N) is 3. The minimum Gasteiger partial charge on any atom is -0.480 e.